The first kappa shape index (κ1) is 16.9. The summed E-state index contributed by atoms with van der Waals surface area (Å²) >= 11 is 0. The molecule has 1 aromatic rings. The van der Waals surface area contributed by atoms with Gasteiger partial charge in [0.25, 0.3) is 5.91 Å². The van der Waals surface area contributed by atoms with Gasteiger partial charge in [-0.2, -0.15) is 0 Å². The number of nitrogens with one attached hydrogen (secondary N) is 2. The molecule has 0 radical (unpaired) electrons. The molecule has 1 aromatic carbocycles. The van der Waals surface area contributed by atoms with Gasteiger partial charge in [0.2, 0.25) is 5.91 Å². The van der Waals surface area contributed by atoms with Gasteiger partial charge in [0, 0.05) is 26.3 Å². The van der Waals surface area contributed by atoms with Crippen LogP contribution in [0.25, 0.3) is 0 Å². The van der Waals surface area contributed by atoms with Crippen LogP contribution in [0.15, 0.2) is 18.2 Å². The van der Waals surface area contributed by atoms with Gasteiger partial charge in [-0.3, -0.25) is 9.59 Å². The van der Waals surface area contributed by atoms with Crippen molar-refractivity contribution in [2.45, 2.75) is 25.7 Å². The summed E-state index contributed by atoms with van der Waals surface area (Å²) in [5.41, 5.74) is 0.0653. The number of rotatable bonds is 3. The van der Waals surface area contributed by atoms with Crippen LogP contribution >= 0.6 is 0 Å². The molecule has 2 atom stereocenters. The number of carbonyl (C=O) groups is 2. The maximum absolute atomic E-state index is 13.9. The van der Waals surface area contributed by atoms with Crippen LogP contribution in [-0.2, 0) is 4.79 Å². The highest BCUT2D eigenvalue weighted by atomic mass is 19.1. The van der Waals surface area contributed by atoms with Crippen molar-refractivity contribution in [3.05, 3.63) is 29.6 Å². The second-order valence-electron chi connectivity index (χ2n) is 7.08. The molecule has 1 saturated heterocycles. The Hall–Kier alpha value is -1.95. The maximum Gasteiger partial charge on any atom is 0.256 e. The summed E-state index contributed by atoms with van der Waals surface area (Å²) in [6.45, 7) is 1.56. The lowest BCUT2D eigenvalue weighted by atomic mass is 9.67. The second-order valence-corrected chi connectivity index (χ2v) is 7.08. The quantitative estimate of drug-likeness (QED) is 0.892. The minimum absolute atomic E-state index is 0.0212. The molecule has 3 rings (SSSR count). The van der Waals surface area contributed by atoms with Gasteiger partial charge in [-0.25, -0.2) is 4.39 Å². The smallest absolute Gasteiger partial charge is 0.256 e. The van der Waals surface area contributed by atoms with Crippen LogP contribution in [0, 0.1) is 17.2 Å². The van der Waals surface area contributed by atoms with Gasteiger partial charge in [0.05, 0.1) is 11.0 Å². The van der Waals surface area contributed by atoms with Crippen LogP contribution in [-0.4, -0.2) is 43.9 Å². The molecule has 1 aliphatic carbocycles. The summed E-state index contributed by atoms with van der Waals surface area (Å²) in [4.78, 5) is 26.3. The predicted molar refractivity (Wildman–Crippen MR) is 90.3 cm³/mol. The number of hydrogen-bond donors (Lipinski definition) is 2. The van der Waals surface area contributed by atoms with Gasteiger partial charge < -0.3 is 15.5 Å². The first-order valence-corrected chi connectivity index (χ1v) is 8.47. The molecule has 5 nitrogen and oxygen atoms in total. The van der Waals surface area contributed by atoms with E-state index < -0.39 is 11.7 Å². The van der Waals surface area contributed by atoms with Crippen molar-refractivity contribution in [3.8, 4) is 0 Å². The summed E-state index contributed by atoms with van der Waals surface area (Å²) < 4.78 is 13.9. The first-order valence-electron chi connectivity index (χ1n) is 8.47. The van der Waals surface area contributed by atoms with Gasteiger partial charge >= 0.3 is 0 Å². The first-order chi connectivity index (χ1) is 11.4. The van der Waals surface area contributed by atoms with Crippen LogP contribution in [0.2, 0.25) is 0 Å². The Morgan fingerprint density at radius 1 is 1.33 bits per heavy atom. The van der Waals surface area contributed by atoms with Crippen molar-refractivity contribution < 1.29 is 14.0 Å². The molecule has 0 spiro atoms. The van der Waals surface area contributed by atoms with Crippen molar-refractivity contribution in [3.63, 3.8) is 0 Å². The fraction of sp³-hybridized carbons (Fsp3) is 0.556. The predicted octanol–water partition coefficient (Wildman–Crippen LogP) is 2.25. The fourth-order valence-electron chi connectivity index (χ4n) is 3.95. The Labute approximate surface area is 141 Å². The zero-order valence-electron chi connectivity index (χ0n) is 14.2. The van der Waals surface area contributed by atoms with Crippen LogP contribution in [0.5, 0.6) is 0 Å². The third kappa shape index (κ3) is 2.90. The zero-order valence-corrected chi connectivity index (χ0v) is 14.2. The Balaban J connectivity index is 1.82. The SMILES string of the molecule is CN(C)C(=O)c1cc(NC(=O)[C@@]23CCCC[C@H]2CNC3)ccc1F. The molecule has 1 aliphatic heterocycles. The van der Waals surface area contributed by atoms with Crippen molar-refractivity contribution in [2.24, 2.45) is 11.3 Å². The van der Waals surface area contributed by atoms with Gasteiger partial charge in [0.15, 0.2) is 0 Å². The fourth-order valence-corrected chi connectivity index (χ4v) is 3.95. The van der Waals surface area contributed by atoms with Gasteiger partial charge in [-0.15, -0.1) is 0 Å². The van der Waals surface area contributed by atoms with E-state index in [1.54, 1.807) is 14.1 Å². The second kappa shape index (κ2) is 6.51. The molecule has 0 aromatic heterocycles. The summed E-state index contributed by atoms with van der Waals surface area (Å²) in [7, 11) is 3.14. The molecule has 1 heterocycles. The minimum atomic E-state index is -0.581. The molecular formula is C18H24FN3O2. The Morgan fingerprint density at radius 2 is 2.12 bits per heavy atom. The van der Waals surface area contributed by atoms with Crippen LogP contribution < -0.4 is 10.6 Å². The third-order valence-corrected chi connectivity index (χ3v) is 5.35. The highest BCUT2D eigenvalue weighted by Gasteiger charge is 2.49. The number of nitrogens with zero attached hydrogens (tertiary/aromatic N) is 1. The molecule has 130 valence electrons. The van der Waals surface area contributed by atoms with Crippen molar-refractivity contribution in [1.82, 2.24) is 10.2 Å². The lowest BCUT2D eigenvalue weighted by molar-refractivity contribution is -0.128. The lowest BCUT2D eigenvalue weighted by Crippen LogP contribution is -2.44. The normalized spacial score (nSPS) is 25.9. The topological polar surface area (TPSA) is 61.4 Å². The molecule has 24 heavy (non-hydrogen) atoms. The minimum Gasteiger partial charge on any atom is -0.345 e. The Morgan fingerprint density at radius 3 is 2.88 bits per heavy atom. The molecule has 0 bridgehead atoms. The monoisotopic (exact) mass is 333 g/mol. The largest absolute Gasteiger partial charge is 0.345 e. The maximum atomic E-state index is 13.9. The molecule has 6 heteroatoms. The number of anilines is 1. The van der Waals surface area contributed by atoms with Gasteiger partial charge in [-0.05, 0) is 43.5 Å². The van der Waals surface area contributed by atoms with E-state index in [9.17, 15) is 14.0 Å². The molecule has 2 N–H and O–H groups in total. The van der Waals surface area contributed by atoms with E-state index in [4.69, 9.17) is 0 Å². The molecule has 2 fully saturated rings. The van der Waals surface area contributed by atoms with Gasteiger partial charge in [0.1, 0.15) is 5.82 Å². The standard InChI is InChI=1S/C18H24FN3O2/c1-22(2)16(23)14-9-13(6-7-15(14)19)21-17(24)18-8-4-3-5-12(18)10-20-11-18/h6-7,9,12,20H,3-5,8,10-11H2,1-2H3,(H,21,24)/t12-,18+/m0/s1. The van der Waals surface area contributed by atoms with E-state index in [0.717, 1.165) is 25.8 Å². The average Bonchev–Trinajstić information content (AvgIpc) is 3.01. The van der Waals surface area contributed by atoms with Crippen molar-refractivity contribution >= 4 is 17.5 Å². The average molecular weight is 333 g/mol. The summed E-state index contributed by atoms with van der Waals surface area (Å²) in [5, 5.41) is 6.26. The van der Waals surface area contributed by atoms with Crippen molar-refractivity contribution in [1.29, 1.82) is 0 Å². The highest BCUT2D eigenvalue weighted by molar-refractivity contribution is 5.99. The molecule has 2 amide bonds. The van der Waals surface area contributed by atoms with Crippen LogP contribution in [0.3, 0.4) is 0 Å². The van der Waals surface area contributed by atoms with E-state index in [1.807, 2.05) is 0 Å². The Bertz CT molecular complexity index is 662. The lowest BCUT2D eigenvalue weighted by Gasteiger charge is -2.37. The zero-order chi connectivity index (χ0) is 17.3. The summed E-state index contributed by atoms with van der Waals surface area (Å²) in [5.74, 6) is -0.663. The number of amides is 2. The van der Waals surface area contributed by atoms with Crippen molar-refractivity contribution in [2.75, 3.05) is 32.5 Å². The number of benzene rings is 1. The highest BCUT2D eigenvalue weighted by Crippen LogP contribution is 2.44. The van der Waals surface area contributed by atoms with E-state index in [0.29, 0.717) is 18.2 Å². The molecular weight excluding hydrogens is 309 g/mol. The van der Waals surface area contributed by atoms with E-state index in [2.05, 4.69) is 10.6 Å². The summed E-state index contributed by atoms with van der Waals surface area (Å²) in [6, 6.07) is 4.16. The van der Waals surface area contributed by atoms with Gasteiger partial charge in [-0.1, -0.05) is 12.8 Å². The van der Waals surface area contributed by atoms with E-state index in [1.165, 1.54) is 29.5 Å². The number of fused-ring (bicyclic) bond motifs is 1. The van der Waals surface area contributed by atoms with Crippen LogP contribution in [0.4, 0.5) is 10.1 Å². The van der Waals surface area contributed by atoms with E-state index in [-0.39, 0.29) is 16.9 Å². The van der Waals surface area contributed by atoms with Crippen LogP contribution in [0.1, 0.15) is 36.0 Å². The number of carbonyl (C=O) groups excluding carboxylic acids is 2. The number of hydrogen-bond acceptors (Lipinski definition) is 3. The number of halogens is 1. The Kier molecular flexibility index (Phi) is 4.58. The third-order valence-electron chi connectivity index (χ3n) is 5.35. The summed E-state index contributed by atoms with van der Waals surface area (Å²) in [6.07, 6.45) is 4.16. The van der Waals surface area contributed by atoms with E-state index >= 15 is 0 Å². The molecule has 2 aliphatic rings. The molecule has 0 unspecified atom stereocenters. The molecule has 1 saturated carbocycles.